The largest absolute Gasteiger partial charge is 0.508 e. The molecule has 6 heteroatoms. The van der Waals surface area contributed by atoms with Crippen LogP contribution < -0.4 is 0 Å². The van der Waals surface area contributed by atoms with Crippen molar-refractivity contribution in [1.29, 1.82) is 0 Å². The number of halogens is 1. The molecule has 0 N–H and O–H groups in total. The van der Waals surface area contributed by atoms with Gasteiger partial charge in [-0.1, -0.05) is 15.9 Å². The van der Waals surface area contributed by atoms with E-state index in [0.29, 0.717) is 5.56 Å². The van der Waals surface area contributed by atoms with Crippen molar-refractivity contribution in [1.82, 2.24) is 0 Å². The van der Waals surface area contributed by atoms with Crippen LogP contribution in [0.1, 0.15) is 10.4 Å². The lowest BCUT2D eigenvalue weighted by Crippen LogP contribution is -2.20. The van der Waals surface area contributed by atoms with E-state index in [9.17, 15) is 9.59 Å². The second kappa shape index (κ2) is 5.18. The third-order valence-corrected chi connectivity index (χ3v) is 2.66. The van der Waals surface area contributed by atoms with E-state index in [4.69, 9.17) is 9.47 Å². The van der Waals surface area contributed by atoms with E-state index >= 15 is 0 Å². The molecular weight excluding hydrogens is 292 g/mol. The van der Waals surface area contributed by atoms with Crippen molar-refractivity contribution in [2.45, 2.75) is 6.10 Å². The van der Waals surface area contributed by atoms with Gasteiger partial charge in [-0.3, -0.25) is 0 Å². The summed E-state index contributed by atoms with van der Waals surface area (Å²) in [6, 6.07) is 6.78. The van der Waals surface area contributed by atoms with Crippen molar-refractivity contribution < 1.29 is 23.8 Å². The zero-order valence-corrected chi connectivity index (χ0v) is 10.3. The van der Waals surface area contributed by atoms with Gasteiger partial charge in [0.1, 0.15) is 13.2 Å². The molecule has 1 aliphatic heterocycles. The van der Waals surface area contributed by atoms with Gasteiger partial charge in [-0.05, 0) is 24.3 Å². The highest BCUT2D eigenvalue weighted by molar-refractivity contribution is 9.10. The summed E-state index contributed by atoms with van der Waals surface area (Å²) < 4.78 is 15.2. The molecule has 1 aliphatic rings. The van der Waals surface area contributed by atoms with Crippen LogP contribution in [0.5, 0.6) is 0 Å². The Morgan fingerprint density at radius 3 is 2.71 bits per heavy atom. The van der Waals surface area contributed by atoms with E-state index in [0.717, 1.165) is 4.47 Å². The molecule has 1 heterocycles. The number of carbonyl (C=O) groups excluding carboxylic acids is 2. The van der Waals surface area contributed by atoms with Crippen molar-refractivity contribution in [3.05, 3.63) is 34.3 Å². The average molecular weight is 301 g/mol. The second-order valence-corrected chi connectivity index (χ2v) is 4.32. The first-order chi connectivity index (χ1) is 8.15. The van der Waals surface area contributed by atoms with E-state index in [1.165, 1.54) is 0 Å². The van der Waals surface area contributed by atoms with Crippen LogP contribution in [0.2, 0.25) is 0 Å². The van der Waals surface area contributed by atoms with Gasteiger partial charge in [0.15, 0.2) is 6.10 Å². The Bertz CT molecular complexity index is 428. The molecule has 1 aromatic rings. The summed E-state index contributed by atoms with van der Waals surface area (Å²) >= 11 is 3.27. The number of carbonyl (C=O) groups is 2. The van der Waals surface area contributed by atoms with Gasteiger partial charge >= 0.3 is 12.1 Å². The molecule has 1 fully saturated rings. The quantitative estimate of drug-likeness (QED) is 0.800. The topological polar surface area (TPSA) is 61.8 Å². The van der Waals surface area contributed by atoms with Crippen LogP contribution in [-0.2, 0) is 14.2 Å². The lowest BCUT2D eigenvalue weighted by atomic mass is 10.2. The molecule has 1 aromatic carbocycles. The number of cyclic esters (lactones) is 2. The Kier molecular flexibility index (Phi) is 3.63. The first-order valence-electron chi connectivity index (χ1n) is 4.91. The molecule has 0 saturated carbocycles. The van der Waals surface area contributed by atoms with Crippen LogP contribution >= 0.6 is 15.9 Å². The monoisotopic (exact) mass is 300 g/mol. The van der Waals surface area contributed by atoms with Crippen LogP contribution in [0.15, 0.2) is 28.7 Å². The average Bonchev–Trinajstić information content (AvgIpc) is 2.73. The van der Waals surface area contributed by atoms with Gasteiger partial charge in [0.25, 0.3) is 0 Å². The van der Waals surface area contributed by atoms with Crippen LogP contribution in [0, 0.1) is 0 Å². The minimum absolute atomic E-state index is 0.000632. The highest BCUT2D eigenvalue weighted by Crippen LogP contribution is 2.12. The summed E-state index contributed by atoms with van der Waals surface area (Å²) in [6.07, 6.45) is -1.24. The molecule has 2 rings (SSSR count). The zero-order chi connectivity index (χ0) is 12.3. The fraction of sp³-hybridized carbons (Fsp3) is 0.273. The van der Waals surface area contributed by atoms with Crippen LogP contribution in [-0.4, -0.2) is 31.4 Å². The van der Waals surface area contributed by atoms with Crippen molar-refractivity contribution in [2.24, 2.45) is 0 Å². The van der Waals surface area contributed by atoms with Crippen molar-refractivity contribution in [3.8, 4) is 0 Å². The summed E-state index contributed by atoms with van der Waals surface area (Å²) in [6.45, 7) is 0.118. The second-order valence-electron chi connectivity index (χ2n) is 3.41. The SMILES string of the molecule is O=C1OCC(COC(=O)c2ccc(Br)cc2)O1. The molecule has 0 aliphatic carbocycles. The fourth-order valence-corrected chi connectivity index (χ4v) is 1.55. The Hall–Kier alpha value is -1.56. The maximum Gasteiger partial charge on any atom is 0.508 e. The number of rotatable bonds is 3. The maximum atomic E-state index is 11.6. The van der Waals surface area contributed by atoms with Crippen LogP contribution in [0.4, 0.5) is 4.79 Å². The molecule has 1 atom stereocenters. The lowest BCUT2D eigenvalue weighted by molar-refractivity contribution is 0.0300. The number of esters is 1. The van der Waals surface area contributed by atoms with E-state index in [1.807, 2.05) is 0 Å². The van der Waals surface area contributed by atoms with Gasteiger partial charge in [0, 0.05) is 4.47 Å². The number of hydrogen-bond donors (Lipinski definition) is 0. The van der Waals surface area contributed by atoms with Gasteiger partial charge < -0.3 is 14.2 Å². The molecule has 0 radical (unpaired) electrons. The molecule has 0 aromatic heterocycles. The van der Waals surface area contributed by atoms with E-state index in [1.54, 1.807) is 24.3 Å². The molecular formula is C11H9BrO5. The normalized spacial score (nSPS) is 18.4. The van der Waals surface area contributed by atoms with E-state index in [-0.39, 0.29) is 13.2 Å². The highest BCUT2D eigenvalue weighted by atomic mass is 79.9. The van der Waals surface area contributed by atoms with Gasteiger partial charge in [-0.25, -0.2) is 9.59 Å². The van der Waals surface area contributed by atoms with Crippen molar-refractivity contribution in [2.75, 3.05) is 13.2 Å². The van der Waals surface area contributed by atoms with E-state index < -0.39 is 18.2 Å². The van der Waals surface area contributed by atoms with Gasteiger partial charge in [0.05, 0.1) is 5.56 Å². The maximum absolute atomic E-state index is 11.6. The number of benzene rings is 1. The summed E-state index contributed by atoms with van der Waals surface area (Å²) in [5, 5.41) is 0. The summed E-state index contributed by atoms with van der Waals surface area (Å²) in [4.78, 5) is 22.2. The minimum atomic E-state index is -0.727. The Balaban J connectivity index is 1.85. The van der Waals surface area contributed by atoms with Crippen molar-refractivity contribution >= 4 is 28.1 Å². The molecule has 0 spiro atoms. The highest BCUT2D eigenvalue weighted by Gasteiger charge is 2.26. The zero-order valence-electron chi connectivity index (χ0n) is 8.72. The molecule has 0 bridgehead atoms. The summed E-state index contributed by atoms with van der Waals surface area (Å²) in [5.41, 5.74) is 0.443. The molecule has 1 unspecified atom stereocenters. The van der Waals surface area contributed by atoms with E-state index in [2.05, 4.69) is 20.7 Å². The number of hydrogen-bond acceptors (Lipinski definition) is 5. The molecule has 17 heavy (non-hydrogen) atoms. The van der Waals surface area contributed by atoms with Crippen molar-refractivity contribution in [3.63, 3.8) is 0 Å². The summed E-state index contributed by atoms with van der Waals surface area (Å²) in [5.74, 6) is -0.458. The molecule has 0 amide bonds. The predicted octanol–water partition coefficient (Wildman–Crippen LogP) is 2.14. The first kappa shape index (κ1) is 11.9. The first-order valence-corrected chi connectivity index (χ1v) is 5.70. The Morgan fingerprint density at radius 1 is 1.41 bits per heavy atom. The lowest BCUT2D eigenvalue weighted by Gasteiger charge is -2.07. The smallest absolute Gasteiger partial charge is 0.458 e. The van der Waals surface area contributed by atoms with Gasteiger partial charge in [-0.15, -0.1) is 0 Å². The molecule has 5 nitrogen and oxygen atoms in total. The number of ether oxygens (including phenoxy) is 3. The molecule has 1 saturated heterocycles. The minimum Gasteiger partial charge on any atom is -0.458 e. The predicted molar refractivity (Wildman–Crippen MR) is 60.6 cm³/mol. The van der Waals surface area contributed by atoms with Crippen LogP contribution in [0.3, 0.4) is 0 Å². The Labute approximate surface area is 106 Å². The molecule has 90 valence electrons. The fourth-order valence-electron chi connectivity index (χ4n) is 1.29. The Morgan fingerprint density at radius 2 is 2.12 bits per heavy atom. The van der Waals surface area contributed by atoms with Gasteiger partial charge in [-0.2, -0.15) is 0 Å². The third-order valence-electron chi connectivity index (χ3n) is 2.13. The third kappa shape index (κ3) is 3.20. The summed E-state index contributed by atoms with van der Waals surface area (Å²) in [7, 11) is 0. The van der Waals surface area contributed by atoms with Gasteiger partial charge in [0.2, 0.25) is 0 Å². The van der Waals surface area contributed by atoms with Crippen LogP contribution in [0.25, 0.3) is 0 Å². The standard InChI is InChI=1S/C11H9BrO5/c12-8-3-1-7(2-4-8)10(13)15-5-9-6-16-11(14)17-9/h1-4,9H,5-6H2.